The van der Waals surface area contributed by atoms with Crippen molar-refractivity contribution in [3.05, 3.63) is 54.4 Å². The zero-order valence-corrected chi connectivity index (χ0v) is 11.3. The number of nitriles is 1. The zero-order valence-electron chi connectivity index (χ0n) is 11.3. The molecule has 0 bridgehead atoms. The van der Waals surface area contributed by atoms with E-state index in [1.54, 1.807) is 18.2 Å². The molecule has 21 heavy (non-hydrogen) atoms. The Morgan fingerprint density at radius 3 is 2.71 bits per heavy atom. The maximum atomic E-state index is 8.91. The molecule has 5 nitrogen and oxygen atoms in total. The second-order valence-electron chi connectivity index (χ2n) is 4.28. The fourth-order valence-electron chi connectivity index (χ4n) is 1.99. The smallest absolute Gasteiger partial charge is 0.230 e. The fraction of sp³-hybridized carbons (Fsp3) is 0.0625. The molecule has 0 unspecified atom stereocenters. The van der Waals surface area contributed by atoms with Gasteiger partial charge < -0.3 is 9.47 Å². The van der Waals surface area contributed by atoms with Gasteiger partial charge >= 0.3 is 0 Å². The molecule has 0 fully saturated rings. The Balaban J connectivity index is 2.05. The molecule has 102 valence electrons. The molecule has 0 aliphatic carbocycles. The minimum absolute atomic E-state index is 0.448. The summed E-state index contributed by atoms with van der Waals surface area (Å²) >= 11 is 0. The molecule has 0 N–H and O–H groups in total. The highest BCUT2D eigenvalue weighted by Gasteiger charge is 2.10. The molecule has 0 saturated heterocycles. The Kier molecular flexibility index (Phi) is 3.36. The number of para-hydroxylation sites is 1. The van der Waals surface area contributed by atoms with Crippen molar-refractivity contribution in [2.75, 3.05) is 7.11 Å². The number of hydrogen-bond acceptors (Lipinski definition) is 5. The van der Waals surface area contributed by atoms with Crippen molar-refractivity contribution < 1.29 is 9.47 Å². The van der Waals surface area contributed by atoms with E-state index < -0.39 is 0 Å². The summed E-state index contributed by atoms with van der Waals surface area (Å²) in [6, 6.07) is 14.6. The van der Waals surface area contributed by atoms with Gasteiger partial charge in [-0.1, -0.05) is 12.1 Å². The van der Waals surface area contributed by atoms with Crippen LogP contribution in [-0.4, -0.2) is 17.1 Å². The third kappa shape index (κ3) is 2.47. The Bertz CT molecular complexity index is 835. The molecule has 1 heterocycles. The standard InChI is InChI=1S/C16H11N3O2/c1-20-15-8-11(9-17)6-7-14(15)21-16-12-4-2-3-5-13(12)18-10-19-16/h2-8,10H,1H3. The van der Waals surface area contributed by atoms with Crippen LogP contribution in [0.2, 0.25) is 0 Å². The number of fused-ring (bicyclic) bond motifs is 1. The maximum Gasteiger partial charge on any atom is 0.230 e. The summed E-state index contributed by atoms with van der Waals surface area (Å²) in [6.45, 7) is 0. The first kappa shape index (κ1) is 12.9. The van der Waals surface area contributed by atoms with Gasteiger partial charge in [0.05, 0.1) is 29.6 Å². The number of hydrogen-bond donors (Lipinski definition) is 0. The van der Waals surface area contributed by atoms with Gasteiger partial charge in [0.2, 0.25) is 5.88 Å². The first-order chi connectivity index (χ1) is 10.3. The molecular weight excluding hydrogens is 266 g/mol. The molecule has 0 aliphatic heterocycles. The van der Waals surface area contributed by atoms with Gasteiger partial charge in [-0.25, -0.2) is 9.97 Å². The quantitative estimate of drug-likeness (QED) is 0.734. The summed E-state index contributed by atoms with van der Waals surface area (Å²) in [5.74, 6) is 1.43. The highest BCUT2D eigenvalue weighted by molar-refractivity contribution is 5.83. The van der Waals surface area contributed by atoms with Gasteiger partial charge in [0.25, 0.3) is 0 Å². The van der Waals surface area contributed by atoms with Crippen molar-refractivity contribution >= 4 is 10.9 Å². The lowest BCUT2D eigenvalue weighted by Crippen LogP contribution is -1.94. The summed E-state index contributed by atoms with van der Waals surface area (Å²) in [5.41, 5.74) is 1.31. The average Bonchev–Trinajstić information content (AvgIpc) is 2.55. The Hall–Kier alpha value is -3.13. The predicted molar refractivity (Wildman–Crippen MR) is 77.3 cm³/mol. The number of ether oxygens (including phenoxy) is 2. The number of aromatic nitrogens is 2. The van der Waals surface area contributed by atoms with E-state index in [0.29, 0.717) is 22.9 Å². The van der Waals surface area contributed by atoms with E-state index in [4.69, 9.17) is 14.7 Å². The van der Waals surface area contributed by atoms with E-state index in [1.807, 2.05) is 24.3 Å². The van der Waals surface area contributed by atoms with Crippen LogP contribution < -0.4 is 9.47 Å². The second kappa shape index (κ2) is 5.47. The van der Waals surface area contributed by atoms with E-state index in [0.717, 1.165) is 10.9 Å². The number of nitrogens with zero attached hydrogens (tertiary/aromatic N) is 3. The third-order valence-corrected chi connectivity index (χ3v) is 3.01. The second-order valence-corrected chi connectivity index (χ2v) is 4.28. The highest BCUT2D eigenvalue weighted by atomic mass is 16.5. The van der Waals surface area contributed by atoms with Gasteiger partial charge in [0.1, 0.15) is 6.33 Å². The molecule has 3 aromatic rings. The molecule has 0 spiro atoms. The normalized spacial score (nSPS) is 10.1. The first-order valence-electron chi connectivity index (χ1n) is 6.27. The summed E-state index contributed by atoms with van der Waals surface area (Å²) < 4.78 is 11.1. The molecule has 0 atom stereocenters. The Morgan fingerprint density at radius 1 is 1.05 bits per heavy atom. The minimum atomic E-state index is 0.448. The summed E-state index contributed by atoms with van der Waals surface area (Å²) in [5, 5.41) is 9.72. The zero-order chi connectivity index (χ0) is 14.7. The monoisotopic (exact) mass is 277 g/mol. The molecule has 0 amide bonds. The molecule has 0 saturated carbocycles. The van der Waals surface area contributed by atoms with Crippen LogP contribution in [0.15, 0.2) is 48.8 Å². The fourth-order valence-corrected chi connectivity index (χ4v) is 1.99. The van der Waals surface area contributed by atoms with Crippen molar-refractivity contribution in [3.8, 4) is 23.4 Å². The summed E-state index contributed by atoms with van der Waals surface area (Å²) in [6.07, 6.45) is 1.45. The summed E-state index contributed by atoms with van der Waals surface area (Å²) in [4.78, 5) is 8.35. The molecular formula is C16H11N3O2. The summed E-state index contributed by atoms with van der Waals surface area (Å²) in [7, 11) is 1.53. The first-order valence-corrected chi connectivity index (χ1v) is 6.27. The van der Waals surface area contributed by atoms with E-state index in [-0.39, 0.29) is 0 Å². The molecule has 0 radical (unpaired) electrons. The van der Waals surface area contributed by atoms with Crippen molar-refractivity contribution in [1.82, 2.24) is 9.97 Å². The Morgan fingerprint density at radius 2 is 1.90 bits per heavy atom. The largest absolute Gasteiger partial charge is 0.493 e. The van der Waals surface area contributed by atoms with Crippen molar-refractivity contribution in [1.29, 1.82) is 5.26 Å². The van der Waals surface area contributed by atoms with Gasteiger partial charge in [0, 0.05) is 6.07 Å². The molecule has 5 heteroatoms. The van der Waals surface area contributed by atoms with Crippen LogP contribution in [0.3, 0.4) is 0 Å². The van der Waals surface area contributed by atoms with Crippen LogP contribution in [0.25, 0.3) is 10.9 Å². The van der Waals surface area contributed by atoms with Crippen LogP contribution in [0.5, 0.6) is 17.4 Å². The third-order valence-electron chi connectivity index (χ3n) is 3.01. The van der Waals surface area contributed by atoms with Crippen molar-refractivity contribution in [3.63, 3.8) is 0 Å². The van der Waals surface area contributed by atoms with Crippen molar-refractivity contribution in [2.24, 2.45) is 0 Å². The minimum Gasteiger partial charge on any atom is -0.493 e. The van der Waals surface area contributed by atoms with Crippen molar-refractivity contribution in [2.45, 2.75) is 0 Å². The SMILES string of the molecule is COc1cc(C#N)ccc1Oc1ncnc2ccccc12. The van der Waals surface area contributed by atoms with E-state index >= 15 is 0 Å². The molecule has 0 aliphatic rings. The maximum absolute atomic E-state index is 8.91. The number of methoxy groups -OCH3 is 1. The number of benzene rings is 2. The van der Waals surface area contributed by atoms with Crippen LogP contribution in [0.1, 0.15) is 5.56 Å². The van der Waals surface area contributed by atoms with E-state index in [2.05, 4.69) is 16.0 Å². The van der Waals surface area contributed by atoms with Crippen LogP contribution in [0.4, 0.5) is 0 Å². The lowest BCUT2D eigenvalue weighted by molar-refractivity contribution is 0.375. The predicted octanol–water partition coefficient (Wildman–Crippen LogP) is 3.30. The van der Waals surface area contributed by atoms with Crippen LogP contribution >= 0.6 is 0 Å². The van der Waals surface area contributed by atoms with Crippen LogP contribution in [0, 0.1) is 11.3 Å². The molecule has 2 aromatic carbocycles. The van der Waals surface area contributed by atoms with Gasteiger partial charge in [-0.3, -0.25) is 0 Å². The Labute approximate surface area is 121 Å². The highest BCUT2D eigenvalue weighted by Crippen LogP contribution is 2.33. The topological polar surface area (TPSA) is 68.0 Å². The molecule has 1 aromatic heterocycles. The molecule has 3 rings (SSSR count). The number of rotatable bonds is 3. The van der Waals surface area contributed by atoms with Gasteiger partial charge in [0.15, 0.2) is 11.5 Å². The van der Waals surface area contributed by atoms with Gasteiger partial charge in [-0.2, -0.15) is 5.26 Å². The van der Waals surface area contributed by atoms with Gasteiger partial charge in [-0.05, 0) is 24.3 Å². The lowest BCUT2D eigenvalue weighted by atomic mass is 10.2. The van der Waals surface area contributed by atoms with E-state index in [9.17, 15) is 0 Å². The van der Waals surface area contributed by atoms with Gasteiger partial charge in [-0.15, -0.1) is 0 Å². The average molecular weight is 277 g/mol. The van der Waals surface area contributed by atoms with E-state index in [1.165, 1.54) is 13.4 Å². The van der Waals surface area contributed by atoms with Crippen LogP contribution in [-0.2, 0) is 0 Å². The lowest BCUT2D eigenvalue weighted by Gasteiger charge is -2.11.